The lowest BCUT2D eigenvalue weighted by molar-refractivity contribution is 0.112. The maximum atomic E-state index is 10.8. The largest absolute Gasteiger partial charge is 0.340 e. The summed E-state index contributed by atoms with van der Waals surface area (Å²) >= 11 is 0. The molecule has 0 atom stereocenters. The third-order valence-corrected chi connectivity index (χ3v) is 1.80. The van der Waals surface area contributed by atoms with E-state index < -0.39 is 0 Å². The second-order valence-electron chi connectivity index (χ2n) is 2.77. The minimum absolute atomic E-state index is 0.364. The lowest BCUT2D eigenvalue weighted by atomic mass is 10.1. The first-order valence-corrected chi connectivity index (χ1v) is 4.00. The number of carbonyl (C=O) groups is 1. The molecule has 0 saturated heterocycles. The highest BCUT2D eigenvalue weighted by atomic mass is 16.1. The Kier molecular flexibility index (Phi) is 1.98. The van der Waals surface area contributed by atoms with Gasteiger partial charge in [-0.3, -0.25) is 9.78 Å². The maximum absolute atomic E-state index is 10.8. The molecule has 0 aliphatic rings. The summed E-state index contributed by atoms with van der Waals surface area (Å²) in [6.45, 7) is 0. The number of hydrogen-bond acceptors (Lipinski definition) is 3. The van der Waals surface area contributed by atoms with Crippen molar-refractivity contribution in [2.75, 3.05) is 0 Å². The Balaban J connectivity index is 2.51. The molecule has 0 radical (unpaired) electrons. The fourth-order valence-corrected chi connectivity index (χ4v) is 1.17. The topological polar surface area (TPSA) is 78.6 Å². The molecule has 0 saturated carbocycles. The van der Waals surface area contributed by atoms with Gasteiger partial charge in [-0.1, -0.05) is 18.2 Å². The van der Waals surface area contributed by atoms with E-state index in [4.69, 9.17) is 0 Å². The molecule has 0 unspecified atom stereocenters. The van der Waals surface area contributed by atoms with E-state index in [-0.39, 0.29) is 5.69 Å². The van der Waals surface area contributed by atoms with Crippen LogP contribution < -0.4 is 5.69 Å². The number of benzene rings is 1. The summed E-state index contributed by atoms with van der Waals surface area (Å²) in [6.07, 6.45) is 0.744. The molecule has 0 aliphatic heterocycles. The minimum Gasteiger partial charge on any atom is -0.298 e. The van der Waals surface area contributed by atoms with E-state index >= 15 is 0 Å². The molecular formula is C9H7N3O2. The standard InChI is InChI=1S/C9H7N3O2/c13-5-6-2-1-3-7(4-6)8-10-9(14)12-11-8/h1-5H,(H2,10,11,12,14). The molecule has 5 nitrogen and oxygen atoms in total. The van der Waals surface area contributed by atoms with Crippen molar-refractivity contribution >= 4 is 6.29 Å². The predicted molar refractivity (Wildman–Crippen MR) is 50.0 cm³/mol. The van der Waals surface area contributed by atoms with Crippen LogP contribution in [0.1, 0.15) is 10.4 Å². The molecule has 14 heavy (non-hydrogen) atoms. The van der Waals surface area contributed by atoms with Gasteiger partial charge < -0.3 is 0 Å². The molecular weight excluding hydrogens is 182 g/mol. The van der Waals surface area contributed by atoms with Gasteiger partial charge in [0, 0.05) is 11.1 Å². The maximum Gasteiger partial charge on any atom is 0.340 e. The van der Waals surface area contributed by atoms with Gasteiger partial charge in [-0.25, -0.2) is 9.89 Å². The van der Waals surface area contributed by atoms with Gasteiger partial charge in [0.15, 0.2) is 5.82 Å². The lowest BCUT2D eigenvalue weighted by Crippen LogP contribution is -2.00. The number of aromatic nitrogens is 3. The highest BCUT2D eigenvalue weighted by Crippen LogP contribution is 2.13. The molecule has 2 N–H and O–H groups in total. The van der Waals surface area contributed by atoms with Gasteiger partial charge in [-0.15, -0.1) is 0 Å². The SMILES string of the molecule is O=Cc1cccc(-c2n[nH]c(=O)[nH]2)c1. The zero-order chi connectivity index (χ0) is 9.97. The number of nitrogens with one attached hydrogen (secondary N) is 2. The second-order valence-corrected chi connectivity index (χ2v) is 2.77. The van der Waals surface area contributed by atoms with Crippen molar-refractivity contribution in [3.05, 3.63) is 40.3 Å². The summed E-state index contributed by atoms with van der Waals surface area (Å²) in [5.41, 5.74) is 0.885. The molecule has 70 valence electrons. The van der Waals surface area contributed by atoms with Crippen LogP contribution in [0.5, 0.6) is 0 Å². The van der Waals surface area contributed by atoms with Gasteiger partial charge >= 0.3 is 5.69 Å². The first-order chi connectivity index (χ1) is 6.79. The molecule has 1 heterocycles. The molecule has 1 aromatic carbocycles. The monoisotopic (exact) mass is 189 g/mol. The average Bonchev–Trinajstić information content (AvgIpc) is 2.65. The summed E-state index contributed by atoms with van der Waals surface area (Å²) < 4.78 is 0. The van der Waals surface area contributed by atoms with E-state index in [1.807, 2.05) is 0 Å². The summed E-state index contributed by atoms with van der Waals surface area (Å²) in [5, 5.41) is 6.01. The van der Waals surface area contributed by atoms with Crippen molar-refractivity contribution in [1.82, 2.24) is 15.2 Å². The summed E-state index contributed by atoms with van der Waals surface area (Å²) in [7, 11) is 0. The number of hydrogen-bond donors (Lipinski definition) is 2. The van der Waals surface area contributed by atoms with Crippen LogP contribution in [-0.2, 0) is 0 Å². The van der Waals surface area contributed by atoms with Crippen molar-refractivity contribution in [2.24, 2.45) is 0 Å². The average molecular weight is 189 g/mol. The smallest absolute Gasteiger partial charge is 0.298 e. The molecule has 2 aromatic rings. The molecule has 2 rings (SSSR count). The Morgan fingerprint density at radius 1 is 1.36 bits per heavy atom. The van der Waals surface area contributed by atoms with E-state index in [0.29, 0.717) is 17.0 Å². The summed E-state index contributed by atoms with van der Waals surface area (Å²) in [4.78, 5) is 23.8. The van der Waals surface area contributed by atoms with Gasteiger partial charge in [0.2, 0.25) is 0 Å². The zero-order valence-corrected chi connectivity index (χ0v) is 7.15. The molecule has 0 aliphatic carbocycles. The van der Waals surface area contributed by atoms with E-state index in [9.17, 15) is 9.59 Å². The van der Waals surface area contributed by atoms with Crippen molar-refractivity contribution in [2.45, 2.75) is 0 Å². The van der Waals surface area contributed by atoms with Crippen LogP contribution in [0.25, 0.3) is 11.4 Å². The van der Waals surface area contributed by atoms with E-state index in [1.165, 1.54) is 0 Å². The minimum atomic E-state index is -0.364. The normalized spacial score (nSPS) is 10.0. The van der Waals surface area contributed by atoms with Gasteiger partial charge in [-0.2, -0.15) is 5.10 Å². The first kappa shape index (κ1) is 8.43. The summed E-state index contributed by atoms with van der Waals surface area (Å²) in [6, 6.07) is 6.82. The van der Waals surface area contributed by atoms with Gasteiger partial charge in [0.1, 0.15) is 6.29 Å². The van der Waals surface area contributed by atoms with Crippen LogP contribution in [0.4, 0.5) is 0 Å². The van der Waals surface area contributed by atoms with Crippen LogP contribution >= 0.6 is 0 Å². The fourth-order valence-electron chi connectivity index (χ4n) is 1.17. The third-order valence-electron chi connectivity index (χ3n) is 1.80. The quantitative estimate of drug-likeness (QED) is 0.678. The van der Waals surface area contributed by atoms with Gasteiger partial charge in [0.05, 0.1) is 0 Å². The number of carbonyl (C=O) groups excluding carboxylic acids is 1. The Morgan fingerprint density at radius 3 is 2.86 bits per heavy atom. The number of nitrogens with zero attached hydrogens (tertiary/aromatic N) is 1. The highest BCUT2D eigenvalue weighted by molar-refractivity contribution is 5.77. The zero-order valence-electron chi connectivity index (χ0n) is 7.15. The molecule has 0 bridgehead atoms. The Hall–Kier alpha value is -2.17. The van der Waals surface area contributed by atoms with Crippen LogP contribution in [-0.4, -0.2) is 21.5 Å². The Morgan fingerprint density at radius 2 is 2.21 bits per heavy atom. The fraction of sp³-hybridized carbons (Fsp3) is 0. The number of rotatable bonds is 2. The molecule has 5 heteroatoms. The predicted octanol–water partition coefficient (Wildman–Crippen LogP) is 0.577. The van der Waals surface area contributed by atoms with Gasteiger partial charge in [-0.05, 0) is 6.07 Å². The van der Waals surface area contributed by atoms with Crippen molar-refractivity contribution in [3.8, 4) is 11.4 Å². The third kappa shape index (κ3) is 1.47. The molecule has 0 amide bonds. The molecule has 0 fully saturated rings. The molecule has 0 spiro atoms. The van der Waals surface area contributed by atoms with Crippen molar-refractivity contribution < 1.29 is 4.79 Å². The van der Waals surface area contributed by atoms with E-state index in [2.05, 4.69) is 15.2 Å². The summed E-state index contributed by atoms with van der Waals surface area (Å²) in [5.74, 6) is 0.429. The molecule has 1 aromatic heterocycles. The van der Waals surface area contributed by atoms with Crippen molar-refractivity contribution in [3.63, 3.8) is 0 Å². The number of H-pyrrole nitrogens is 2. The second kappa shape index (κ2) is 3.29. The lowest BCUT2D eigenvalue weighted by Gasteiger charge is -1.95. The first-order valence-electron chi connectivity index (χ1n) is 4.00. The van der Waals surface area contributed by atoms with E-state index in [0.717, 1.165) is 6.29 Å². The van der Waals surface area contributed by atoms with Crippen LogP contribution in [0, 0.1) is 0 Å². The van der Waals surface area contributed by atoms with E-state index in [1.54, 1.807) is 24.3 Å². The van der Waals surface area contributed by atoms with Gasteiger partial charge in [0.25, 0.3) is 0 Å². The Labute approximate surface area is 78.8 Å². The highest BCUT2D eigenvalue weighted by Gasteiger charge is 2.02. The van der Waals surface area contributed by atoms with Crippen LogP contribution in [0.3, 0.4) is 0 Å². The van der Waals surface area contributed by atoms with Crippen molar-refractivity contribution in [1.29, 1.82) is 0 Å². The Bertz CT molecular complexity index is 513. The number of aldehydes is 1. The number of aromatic amines is 2. The van der Waals surface area contributed by atoms with Crippen LogP contribution in [0.2, 0.25) is 0 Å². The van der Waals surface area contributed by atoms with Crippen LogP contribution in [0.15, 0.2) is 29.1 Å².